The normalized spacial score (nSPS) is 10.3. The summed E-state index contributed by atoms with van der Waals surface area (Å²) in [5, 5.41) is 5.47. The predicted octanol–water partition coefficient (Wildman–Crippen LogP) is 4.80. The summed E-state index contributed by atoms with van der Waals surface area (Å²) in [6, 6.07) is 23.1. The summed E-state index contributed by atoms with van der Waals surface area (Å²) < 4.78 is 12.8. The van der Waals surface area contributed by atoms with Crippen molar-refractivity contribution in [2.24, 2.45) is 0 Å². The SMILES string of the molecule is O=C(CSCC(=O)Nc1ccc(-c2ccccc2)cc1)Nc1ccc(F)cc1. The molecule has 0 saturated carbocycles. The van der Waals surface area contributed by atoms with Crippen LogP contribution < -0.4 is 10.6 Å². The van der Waals surface area contributed by atoms with Crippen LogP contribution in [0.15, 0.2) is 78.9 Å². The monoisotopic (exact) mass is 394 g/mol. The maximum atomic E-state index is 12.8. The lowest BCUT2D eigenvalue weighted by Crippen LogP contribution is -2.18. The number of carbonyl (C=O) groups excluding carboxylic acids is 2. The molecule has 0 aliphatic rings. The highest BCUT2D eigenvalue weighted by Crippen LogP contribution is 2.21. The fraction of sp³-hybridized carbons (Fsp3) is 0.0909. The van der Waals surface area contributed by atoms with Gasteiger partial charge in [0.25, 0.3) is 0 Å². The van der Waals surface area contributed by atoms with Gasteiger partial charge in [0, 0.05) is 11.4 Å². The molecule has 3 aromatic carbocycles. The van der Waals surface area contributed by atoms with Gasteiger partial charge < -0.3 is 10.6 Å². The smallest absolute Gasteiger partial charge is 0.234 e. The predicted molar refractivity (Wildman–Crippen MR) is 113 cm³/mol. The second-order valence-electron chi connectivity index (χ2n) is 6.04. The number of hydrogen-bond donors (Lipinski definition) is 2. The lowest BCUT2D eigenvalue weighted by Gasteiger charge is -2.07. The van der Waals surface area contributed by atoms with Crippen LogP contribution in [-0.2, 0) is 9.59 Å². The minimum absolute atomic E-state index is 0.137. The highest BCUT2D eigenvalue weighted by Gasteiger charge is 2.07. The summed E-state index contributed by atoms with van der Waals surface area (Å²) in [6.45, 7) is 0. The molecule has 0 aliphatic heterocycles. The molecule has 0 bridgehead atoms. The van der Waals surface area contributed by atoms with Crippen molar-refractivity contribution in [1.82, 2.24) is 0 Å². The molecule has 2 N–H and O–H groups in total. The van der Waals surface area contributed by atoms with Gasteiger partial charge in [-0.25, -0.2) is 4.39 Å². The van der Waals surface area contributed by atoms with Crippen molar-refractivity contribution in [3.8, 4) is 11.1 Å². The first kappa shape index (κ1) is 19.6. The topological polar surface area (TPSA) is 58.2 Å². The summed E-state index contributed by atoms with van der Waals surface area (Å²) in [6.07, 6.45) is 0. The van der Waals surface area contributed by atoms with Gasteiger partial charge in [0.05, 0.1) is 11.5 Å². The van der Waals surface area contributed by atoms with Gasteiger partial charge in [-0.1, -0.05) is 42.5 Å². The molecule has 0 aromatic heterocycles. The molecule has 142 valence electrons. The molecular formula is C22H19FN2O2S. The Morgan fingerprint density at radius 3 is 1.68 bits per heavy atom. The summed E-state index contributed by atoms with van der Waals surface area (Å²) in [7, 11) is 0. The third-order valence-corrected chi connectivity index (χ3v) is 4.80. The number of anilines is 2. The molecule has 0 saturated heterocycles. The van der Waals surface area contributed by atoms with Gasteiger partial charge in [-0.2, -0.15) is 0 Å². The Morgan fingerprint density at radius 2 is 1.14 bits per heavy atom. The molecule has 3 aromatic rings. The Morgan fingerprint density at radius 1 is 0.679 bits per heavy atom. The Labute approximate surface area is 167 Å². The first-order valence-electron chi connectivity index (χ1n) is 8.69. The van der Waals surface area contributed by atoms with Crippen LogP contribution in [0.2, 0.25) is 0 Å². The minimum Gasteiger partial charge on any atom is -0.325 e. The van der Waals surface area contributed by atoms with Crippen molar-refractivity contribution in [1.29, 1.82) is 0 Å². The van der Waals surface area contributed by atoms with Crippen molar-refractivity contribution >= 4 is 35.0 Å². The lowest BCUT2D eigenvalue weighted by molar-refractivity contribution is -0.114. The number of rotatable bonds is 7. The number of amides is 2. The number of carbonyl (C=O) groups is 2. The summed E-state index contributed by atoms with van der Waals surface area (Å²) in [5.74, 6) is -0.473. The molecule has 28 heavy (non-hydrogen) atoms. The van der Waals surface area contributed by atoms with Crippen LogP contribution in [0.4, 0.5) is 15.8 Å². The Kier molecular flexibility index (Phi) is 6.81. The molecule has 0 spiro atoms. The molecule has 0 aliphatic carbocycles. The molecule has 0 radical (unpaired) electrons. The van der Waals surface area contributed by atoms with E-state index in [1.165, 1.54) is 36.0 Å². The van der Waals surface area contributed by atoms with E-state index < -0.39 is 0 Å². The molecule has 0 unspecified atom stereocenters. The molecule has 4 nitrogen and oxygen atoms in total. The molecule has 0 atom stereocenters. The highest BCUT2D eigenvalue weighted by atomic mass is 32.2. The molecule has 0 heterocycles. The highest BCUT2D eigenvalue weighted by molar-refractivity contribution is 8.00. The van der Waals surface area contributed by atoms with Crippen molar-refractivity contribution < 1.29 is 14.0 Å². The van der Waals surface area contributed by atoms with Gasteiger partial charge >= 0.3 is 0 Å². The summed E-state index contributed by atoms with van der Waals surface area (Å²) in [5.41, 5.74) is 3.42. The Balaban J connectivity index is 1.41. The molecule has 2 amide bonds. The zero-order valence-corrected chi connectivity index (χ0v) is 15.8. The average Bonchev–Trinajstić information content (AvgIpc) is 2.71. The zero-order valence-electron chi connectivity index (χ0n) is 15.0. The first-order chi connectivity index (χ1) is 13.6. The average molecular weight is 394 g/mol. The van der Waals surface area contributed by atoms with Crippen LogP contribution in [0.3, 0.4) is 0 Å². The van der Waals surface area contributed by atoms with Crippen LogP contribution in [-0.4, -0.2) is 23.3 Å². The third kappa shape index (κ3) is 5.96. The second-order valence-corrected chi connectivity index (χ2v) is 7.03. The number of hydrogen-bond acceptors (Lipinski definition) is 3. The van der Waals surface area contributed by atoms with Crippen molar-refractivity contribution in [2.75, 3.05) is 22.1 Å². The number of halogens is 1. The summed E-state index contributed by atoms with van der Waals surface area (Å²) in [4.78, 5) is 23.9. The number of benzene rings is 3. The van der Waals surface area contributed by atoms with Crippen molar-refractivity contribution in [3.63, 3.8) is 0 Å². The molecular weight excluding hydrogens is 375 g/mol. The van der Waals surface area contributed by atoms with E-state index in [1.54, 1.807) is 0 Å². The Hall–Kier alpha value is -3.12. The van der Waals surface area contributed by atoms with Crippen LogP contribution in [0.5, 0.6) is 0 Å². The molecule has 0 fully saturated rings. The van der Waals surface area contributed by atoms with Crippen molar-refractivity contribution in [2.45, 2.75) is 0 Å². The second kappa shape index (κ2) is 9.71. The fourth-order valence-electron chi connectivity index (χ4n) is 2.54. The number of thioether (sulfide) groups is 1. The lowest BCUT2D eigenvalue weighted by atomic mass is 10.1. The van der Waals surface area contributed by atoms with E-state index in [-0.39, 0.29) is 29.1 Å². The quantitative estimate of drug-likeness (QED) is 0.605. The molecule has 3 rings (SSSR count). The van der Waals surface area contributed by atoms with Gasteiger partial charge in [-0.15, -0.1) is 11.8 Å². The van der Waals surface area contributed by atoms with Gasteiger partial charge in [0.15, 0.2) is 0 Å². The largest absolute Gasteiger partial charge is 0.325 e. The van der Waals surface area contributed by atoms with Crippen LogP contribution in [0, 0.1) is 5.82 Å². The maximum Gasteiger partial charge on any atom is 0.234 e. The van der Waals surface area contributed by atoms with Crippen molar-refractivity contribution in [3.05, 3.63) is 84.7 Å². The van der Waals surface area contributed by atoms with Gasteiger partial charge in [0.2, 0.25) is 11.8 Å². The van der Waals surface area contributed by atoms with Gasteiger partial charge in [0.1, 0.15) is 5.82 Å². The maximum absolute atomic E-state index is 12.8. The molecule has 6 heteroatoms. The van der Waals surface area contributed by atoms with E-state index in [4.69, 9.17) is 0 Å². The van der Waals surface area contributed by atoms with Crippen LogP contribution in [0.1, 0.15) is 0 Å². The third-order valence-electron chi connectivity index (χ3n) is 3.87. The summed E-state index contributed by atoms with van der Waals surface area (Å²) >= 11 is 1.21. The van der Waals surface area contributed by atoms with Gasteiger partial charge in [-0.3, -0.25) is 9.59 Å². The zero-order chi connectivity index (χ0) is 19.8. The van der Waals surface area contributed by atoms with Crippen LogP contribution >= 0.6 is 11.8 Å². The number of nitrogens with one attached hydrogen (secondary N) is 2. The van der Waals surface area contributed by atoms with E-state index >= 15 is 0 Å². The Bertz CT molecular complexity index is 929. The van der Waals surface area contributed by atoms with E-state index in [0.717, 1.165) is 11.1 Å². The van der Waals surface area contributed by atoms with Crippen LogP contribution in [0.25, 0.3) is 11.1 Å². The van der Waals surface area contributed by atoms with Gasteiger partial charge in [-0.05, 0) is 47.5 Å². The minimum atomic E-state index is -0.360. The standard InChI is InChI=1S/C22H19FN2O2S/c23-18-8-12-20(13-9-18)25-22(27)15-28-14-21(26)24-19-10-6-17(7-11-19)16-4-2-1-3-5-16/h1-13H,14-15H2,(H,24,26)(H,25,27). The first-order valence-corrected chi connectivity index (χ1v) is 9.84. The van der Waals surface area contributed by atoms with E-state index in [2.05, 4.69) is 10.6 Å². The van der Waals surface area contributed by atoms with E-state index in [0.29, 0.717) is 11.4 Å². The van der Waals surface area contributed by atoms with E-state index in [9.17, 15) is 14.0 Å². The van der Waals surface area contributed by atoms with E-state index in [1.807, 2.05) is 54.6 Å². The fourth-order valence-corrected chi connectivity index (χ4v) is 3.16.